The van der Waals surface area contributed by atoms with Crippen molar-refractivity contribution < 1.29 is 4.79 Å². The van der Waals surface area contributed by atoms with Gasteiger partial charge in [-0.05, 0) is 35.7 Å². The maximum absolute atomic E-state index is 12.1. The molecule has 0 saturated carbocycles. The molecule has 0 bridgehead atoms. The molecule has 1 atom stereocenters. The molecule has 0 aromatic carbocycles. The van der Waals surface area contributed by atoms with Crippen molar-refractivity contribution >= 4 is 27.8 Å². The molecule has 2 N–H and O–H groups in total. The molecule has 1 aromatic heterocycles. The second-order valence-corrected chi connectivity index (χ2v) is 6.35. The predicted molar refractivity (Wildman–Crippen MR) is 86.0 cm³/mol. The van der Waals surface area contributed by atoms with E-state index in [0.29, 0.717) is 6.42 Å². The highest BCUT2D eigenvalue weighted by molar-refractivity contribution is 9.10. The van der Waals surface area contributed by atoms with Crippen LogP contribution in [-0.4, -0.2) is 53.0 Å². The lowest BCUT2D eigenvalue weighted by Gasteiger charge is -2.34. The summed E-state index contributed by atoms with van der Waals surface area (Å²) in [5, 5.41) is 0. The van der Waals surface area contributed by atoms with Crippen molar-refractivity contribution in [1.82, 2.24) is 14.9 Å². The Morgan fingerprint density at radius 3 is 2.52 bits per heavy atom. The highest BCUT2D eigenvalue weighted by Gasteiger charge is 2.22. The molecule has 6 nitrogen and oxygen atoms in total. The van der Waals surface area contributed by atoms with Gasteiger partial charge in [-0.1, -0.05) is 0 Å². The van der Waals surface area contributed by atoms with Gasteiger partial charge in [0.25, 0.3) is 0 Å². The van der Waals surface area contributed by atoms with Gasteiger partial charge in [0.15, 0.2) is 0 Å². The Hall–Kier alpha value is -1.21. The fourth-order valence-corrected chi connectivity index (χ4v) is 2.56. The molecule has 0 spiro atoms. The summed E-state index contributed by atoms with van der Waals surface area (Å²) in [6.07, 6.45) is 5.85. The quantitative estimate of drug-likeness (QED) is 0.863. The molecule has 1 fully saturated rings. The van der Waals surface area contributed by atoms with Crippen LogP contribution in [0, 0.1) is 0 Å². The number of halogens is 1. The van der Waals surface area contributed by atoms with E-state index >= 15 is 0 Å². The Kier molecular flexibility index (Phi) is 5.93. The van der Waals surface area contributed by atoms with E-state index in [9.17, 15) is 4.79 Å². The molecule has 1 aliphatic rings. The molecule has 2 rings (SSSR count). The van der Waals surface area contributed by atoms with E-state index in [4.69, 9.17) is 5.73 Å². The van der Waals surface area contributed by atoms with Crippen LogP contribution < -0.4 is 10.6 Å². The van der Waals surface area contributed by atoms with Crippen LogP contribution in [0.3, 0.4) is 0 Å². The lowest BCUT2D eigenvalue weighted by Crippen LogP contribution is -2.49. The van der Waals surface area contributed by atoms with Crippen LogP contribution in [0.4, 0.5) is 5.95 Å². The molecular weight excluding hydrogens is 334 g/mol. The van der Waals surface area contributed by atoms with Gasteiger partial charge in [-0.15, -0.1) is 0 Å². The van der Waals surface area contributed by atoms with Gasteiger partial charge in [-0.3, -0.25) is 4.79 Å². The normalized spacial score (nSPS) is 16.9. The van der Waals surface area contributed by atoms with Gasteiger partial charge in [0.05, 0.1) is 4.47 Å². The van der Waals surface area contributed by atoms with Crippen molar-refractivity contribution in [2.24, 2.45) is 5.73 Å². The molecular formula is C14H22BrN5O. The number of piperazine rings is 1. The molecule has 1 aliphatic heterocycles. The number of amides is 1. The zero-order valence-electron chi connectivity index (χ0n) is 12.3. The summed E-state index contributed by atoms with van der Waals surface area (Å²) in [6, 6.07) is 0.171. The molecule has 1 amide bonds. The monoisotopic (exact) mass is 355 g/mol. The van der Waals surface area contributed by atoms with Gasteiger partial charge >= 0.3 is 0 Å². The summed E-state index contributed by atoms with van der Waals surface area (Å²) in [5.74, 6) is 0.953. The van der Waals surface area contributed by atoms with Crippen molar-refractivity contribution in [3.8, 4) is 0 Å². The third-order valence-electron chi connectivity index (χ3n) is 3.57. The third kappa shape index (κ3) is 4.93. The van der Waals surface area contributed by atoms with Crippen LogP contribution in [0.5, 0.6) is 0 Å². The number of hydrogen-bond donors (Lipinski definition) is 1. The molecule has 7 heteroatoms. The number of hydrogen-bond acceptors (Lipinski definition) is 5. The van der Waals surface area contributed by atoms with Crippen molar-refractivity contribution in [2.45, 2.75) is 32.2 Å². The molecule has 1 saturated heterocycles. The van der Waals surface area contributed by atoms with E-state index in [1.165, 1.54) is 0 Å². The molecule has 2 heterocycles. The lowest BCUT2D eigenvalue weighted by molar-refractivity contribution is -0.131. The van der Waals surface area contributed by atoms with E-state index in [0.717, 1.165) is 49.4 Å². The van der Waals surface area contributed by atoms with Gasteiger partial charge < -0.3 is 15.5 Å². The average molecular weight is 356 g/mol. The summed E-state index contributed by atoms with van der Waals surface area (Å²) in [4.78, 5) is 24.7. The first kappa shape index (κ1) is 16.2. The van der Waals surface area contributed by atoms with Crippen LogP contribution in [0.15, 0.2) is 16.9 Å². The topological polar surface area (TPSA) is 75.4 Å². The van der Waals surface area contributed by atoms with Gasteiger partial charge in [-0.25, -0.2) is 9.97 Å². The van der Waals surface area contributed by atoms with E-state index < -0.39 is 0 Å². The number of carbonyl (C=O) groups is 1. The lowest BCUT2D eigenvalue weighted by atomic mass is 10.1. The maximum atomic E-state index is 12.1. The first-order valence-electron chi connectivity index (χ1n) is 7.32. The summed E-state index contributed by atoms with van der Waals surface area (Å²) in [7, 11) is 0. The molecule has 116 valence electrons. The molecule has 0 radical (unpaired) electrons. The van der Waals surface area contributed by atoms with E-state index in [1.807, 2.05) is 11.8 Å². The number of anilines is 1. The summed E-state index contributed by atoms with van der Waals surface area (Å²) in [5.41, 5.74) is 5.70. The van der Waals surface area contributed by atoms with E-state index in [2.05, 4.69) is 30.8 Å². The minimum atomic E-state index is 0.171. The Morgan fingerprint density at radius 2 is 1.95 bits per heavy atom. The molecule has 21 heavy (non-hydrogen) atoms. The SMILES string of the molecule is CC(N)CCCC(=O)N1CCN(c2ncc(Br)cn2)CC1. The van der Waals surface area contributed by atoms with Gasteiger partial charge in [-0.2, -0.15) is 0 Å². The summed E-state index contributed by atoms with van der Waals surface area (Å²) < 4.78 is 0.870. The van der Waals surface area contributed by atoms with Crippen molar-refractivity contribution in [1.29, 1.82) is 0 Å². The zero-order chi connectivity index (χ0) is 15.2. The Bertz CT molecular complexity index is 457. The molecule has 1 unspecified atom stereocenters. The highest BCUT2D eigenvalue weighted by atomic mass is 79.9. The van der Waals surface area contributed by atoms with E-state index in [1.54, 1.807) is 12.4 Å². The van der Waals surface area contributed by atoms with E-state index in [-0.39, 0.29) is 11.9 Å². The second kappa shape index (κ2) is 7.70. The number of carbonyl (C=O) groups excluding carboxylic acids is 1. The summed E-state index contributed by atoms with van der Waals surface area (Å²) >= 11 is 3.33. The molecule has 1 aromatic rings. The predicted octanol–water partition coefficient (Wildman–Crippen LogP) is 1.41. The van der Waals surface area contributed by atoms with Crippen molar-refractivity contribution in [2.75, 3.05) is 31.1 Å². The number of nitrogens with zero attached hydrogens (tertiary/aromatic N) is 4. The van der Waals surface area contributed by atoms with Crippen LogP contribution >= 0.6 is 15.9 Å². The van der Waals surface area contributed by atoms with Crippen LogP contribution in [0.25, 0.3) is 0 Å². The highest BCUT2D eigenvalue weighted by Crippen LogP contribution is 2.14. The van der Waals surface area contributed by atoms with Gasteiger partial charge in [0, 0.05) is 51.0 Å². The fraction of sp³-hybridized carbons (Fsp3) is 0.643. The van der Waals surface area contributed by atoms with Crippen molar-refractivity contribution in [3.05, 3.63) is 16.9 Å². The maximum Gasteiger partial charge on any atom is 0.225 e. The smallest absolute Gasteiger partial charge is 0.225 e. The largest absolute Gasteiger partial charge is 0.339 e. The van der Waals surface area contributed by atoms with Crippen LogP contribution in [0.2, 0.25) is 0 Å². The van der Waals surface area contributed by atoms with Gasteiger partial charge in [0.2, 0.25) is 11.9 Å². The Balaban J connectivity index is 1.77. The first-order valence-corrected chi connectivity index (χ1v) is 8.11. The summed E-state index contributed by atoms with van der Waals surface area (Å²) in [6.45, 7) is 5.00. The average Bonchev–Trinajstić information content (AvgIpc) is 2.48. The standard InChI is InChI=1S/C14H22BrN5O/c1-11(16)3-2-4-13(21)19-5-7-20(8-6-19)14-17-9-12(15)10-18-14/h9-11H,2-8,16H2,1H3. The van der Waals surface area contributed by atoms with Crippen LogP contribution in [0.1, 0.15) is 26.2 Å². The second-order valence-electron chi connectivity index (χ2n) is 5.44. The minimum absolute atomic E-state index is 0.171. The minimum Gasteiger partial charge on any atom is -0.339 e. The van der Waals surface area contributed by atoms with Gasteiger partial charge in [0.1, 0.15) is 0 Å². The third-order valence-corrected chi connectivity index (χ3v) is 3.98. The number of aromatic nitrogens is 2. The Labute approximate surface area is 133 Å². The Morgan fingerprint density at radius 1 is 1.33 bits per heavy atom. The fourth-order valence-electron chi connectivity index (χ4n) is 2.36. The van der Waals surface area contributed by atoms with Crippen molar-refractivity contribution in [3.63, 3.8) is 0 Å². The zero-order valence-corrected chi connectivity index (χ0v) is 13.9. The number of rotatable bonds is 5. The molecule has 0 aliphatic carbocycles. The number of nitrogens with two attached hydrogens (primary N) is 1. The first-order chi connectivity index (χ1) is 10.1. The van der Waals surface area contributed by atoms with Crippen LogP contribution in [-0.2, 0) is 4.79 Å².